The number of likely N-dealkylation sites (N-methyl/N-ethyl adjacent to an activating group) is 1. The Bertz CT molecular complexity index is 936. The number of rotatable bonds is 15. The first-order valence-corrected chi connectivity index (χ1v) is 13.1. The highest BCUT2D eigenvalue weighted by Crippen LogP contribution is 2.36. The molecule has 0 aromatic heterocycles. The lowest BCUT2D eigenvalue weighted by Gasteiger charge is -2.33. The summed E-state index contributed by atoms with van der Waals surface area (Å²) < 4.78 is 18.3. The van der Waals surface area contributed by atoms with Crippen LogP contribution in [-0.2, 0) is 16.7 Å². The van der Waals surface area contributed by atoms with Gasteiger partial charge in [0.05, 0.1) is 40.0 Å². The lowest BCUT2D eigenvalue weighted by Crippen LogP contribution is -2.41. The van der Waals surface area contributed by atoms with E-state index in [1.807, 2.05) is 12.1 Å². The van der Waals surface area contributed by atoms with Gasteiger partial charge in [-0.2, -0.15) is 5.26 Å². The Morgan fingerprint density at radius 2 is 1.36 bits per heavy atom. The summed E-state index contributed by atoms with van der Waals surface area (Å²) in [5.41, 5.74) is 3.04. The quantitative estimate of drug-likeness (QED) is 0.202. The van der Waals surface area contributed by atoms with Crippen LogP contribution < -0.4 is 9.47 Å². The van der Waals surface area contributed by atoms with Gasteiger partial charge < -0.3 is 18.7 Å². The topological polar surface area (TPSA) is 51.5 Å². The van der Waals surface area contributed by atoms with Crippen molar-refractivity contribution in [3.05, 3.63) is 59.7 Å². The zero-order chi connectivity index (χ0) is 26.7. The van der Waals surface area contributed by atoms with Gasteiger partial charge in [0.25, 0.3) is 0 Å². The number of nitriles is 1. The summed E-state index contributed by atoms with van der Waals surface area (Å²) in [7, 11) is 4.43. The van der Waals surface area contributed by atoms with Gasteiger partial charge in [-0.05, 0) is 65.6 Å². The third-order valence-corrected chi connectivity index (χ3v) is 6.18. The SMILES string of the molecule is CC(C)(C)CC(C)(C)c1ccc(OCCOCC[N+](C)(C)Cc2ccc(OCCCC#N)cc2)cc1. The van der Waals surface area contributed by atoms with Crippen LogP contribution in [0.1, 0.15) is 65.0 Å². The molecule has 5 nitrogen and oxygen atoms in total. The predicted molar refractivity (Wildman–Crippen MR) is 147 cm³/mol. The maximum absolute atomic E-state index is 8.59. The van der Waals surface area contributed by atoms with E-state index in [-0.39, 0.29) is 5.41 Å². The van der Waals surface area contributed by atoms with Crippen LogP contribution in [-0.4, -0.2) is 51.6 Å². The Morgan fingerprint density at radius 1 is 0.778 bits per heavy atom. The summed E-state index contributed by atoms with van der Waals surface area (Å²) in [6, 6.07) is 18.9. The van der Waals surface area contributed by atoms with Crippen molar-refractivity contribution < 1.29 is 18.7 Å². The Morgan fingerprint density at radius 3 is 1.94 bits per heavy atom. The van der Waals surface area contributed by atoms with Crippen molar-refractivity contribution in [2.45, 2.75) is 65.8 Å². The van der Waals surface area contributed by atoms with E-state index < -0.39 is 0 Å². The fourth-order valence-electron chi connectivity index (χ4n) is 4.67. The largest absolute Gasteiger partial charge is 0.494 e. The Kier molecular flexibility index (Phi) is 11.3. The number of unbranched alkanes of at least 4 members (excludes halogenated alkanes) is 1. The van der Waals surface area contributed by atoms with Gasteiger partial charge >= 0.3 is 0 Å². The van der Waals surface area contributed by atoms with Gasteiger partial charge in [0.1, 0.15) is 31.2 Å². The second-order valence-corrected chi connectivity index (χ2v) is 12.2. The zero-order valence-corrected chi connectivity index (χ0v) is 23.6. The average Bonchev–Trinajstić information content (AvgIpc) is 2.78. The normalized spacial score (nSPS) is 12.3. The summed E-state index contributed by atoms with van der Waals surface area (Å²) >= 11 is 0. The van der Waals surface area contributed by atoms with Gasteiger partial charge in [0.2, 0.25) is 0 Å². The van der Waals surface area contributed by atoms with E-state index in [2.05, 4.69) is 91.2 Å². The maximum atomic E-state index is 8.59. The van der Waals surface area contributed by atoms with Crippen LogP contribution in [0.5, 0.6) is 11.5 Å². The Hall–Kier alpha value is -2.55. The molecule has 0 atom stereocenters. The standard InChI is InChI=1S/C31H47N2O3/c1-30(2,3)25-31(4,5)27-12-16-29(17-13-27)36-23-22-34-21-19-33(6,7)24-26-10-14-28(15-11-26)35-20-9-8-18-32/h10-17H,8-9,19-25H2,1-7H3/q+1. The van der Waals surface area contributed by atoms with Crippen LogP contribution >= 0.6 is 0 Å². The number of hydrogen-bond donors (Lipinski definition) is 0. The fraction of sp³-hybridized carbons (Fsp3) is 0.581. The van der Waals surface area contributed by atoms with E-state index in [9.17, 15) is 0 Å². The minimum Gasteiger partial charge on any atom is -0.494 e. The average molecular weight is 496 g/mol. The smallest absolute Gasteiger partial charge is 0.119 e. The number of benzene rings is 2. The molecule has 2 aromatic rings. The molecular formula is C31H47N2O3+. The molecule has 0 heterocycles. The molecule has 2 rings (SSSR count). The number of nitrogens with zero attached hydrogens (tertiary/aromatic N) is 2. The lowest BCUT2D eigenvalue weighted by molar-refractivity contribution is -0.904. The van der Waals surface area contributed by atoms with Crippen molar-refractivity contribution in [1.82, 2.24) is 0 Å². The molecule has 0 saturated carbocycles. The molecule has 5 heteroatoms. The zero-order valence-electron chi connectivity index (χ0n) is 23.6. The van der Waals surface area contributed by atoms with E-state index in [1.165, 1.54) is 11.1 Å². The van der Waals surface area contributed by atoms with Gasteiger partial charge in [-0.1, -0.05) is 46.8 Å². The fourth-order valence-corrected chi connectivity index (χ4v) is 4.67. The van der Waals surface area contributed by atoms with E-state index in [0.717, 1.165) is 41.9 Å². The van der Waals surface area contributed by atoms with Gasteiger partial charge in [-0.15, -0.1) is 0 Å². The molecule has 198 valence electrons. The summed E-state index contributed by atoms with van der Waals surface area (Å²) in [5.74, 6) is 1.75. The van der Waals surface area contributed by atoms with Crippen molar-refractivity contribution >= 4 is 0 Å². The Labute approximate surface area is 219 Å². The van der Waals surface area contributed by atoms with E-state index in [1.54, 1.807) is 0 Å². The molecule has 36 heavy (non-hydrogen) atoms. The minimum atomic E-state index is 0.138. The highest BCUT2D eigenvalue weighted by molar-refractivity contribution is 5.32. The maximum Gasteiger partial charge on any atom is 0.119 e. The van der Waals surface area contributed by atoms with Crippen molar-refractivity contribution in [2.24, 2.45) is 5.41 Å². The monoisotopic (exact) mass is 495 g/mol. The molecular weight excluding hydrogens is 448 g/mol. The Balaban J connectivity index is 1.66. The summed E-state index contributed by atoms with van der Waals surface area (Å²) in [6.07, 6.45) is 2.42. The molecule has 0 saturated heterocycles. The number of hydrogen-bond acceptors (Lipinski definition) is 4. The molecule has 0 aliphatic heterocycles. The molecule has 0 radical (unpaired) electrons. The summed E-state index contributed by atoms with van der Waals surface area (Å²) in [6.45, 7) is 15.7. The van der Waals surface area contributed by atoms with Gasteiger partial charge in [0.15, 0.2) is 0 Å². The molecule has 0 bridgehead atoms. The summed E-state index contributed by atoms with van der Waals surface area (Å²) in [5, 5.41) is 8.59. The third-order valence-electron chi connectivity index (χ3n) is 6.18. The second kappa shape index (κ2) is 13.7. The van der Waals surface area contributed by atoms with Gasteiger partial charge in [-0.3, -0.25) is 0 Å². The van der Waals surface area contributed by atoms with E-state index in [4.69, 9.17) is 19.5 Å². The van der Waals surface area contributed by atoms with Crippen LogP contribution in [0.3, 0.4) is 0 Å². The first-order chi connectivity index (χ1) is 16.9. The van der Waals surface area contributed by atoms with Crippen molar-refractivity contribution in [2.75, 3.05) is 47.1 Å². The molecule has 0 aliphatic rings. The highest BCUT2D eigenvalue weighted by Gasteiger charge is 2.27. The van der Waals surface area contributed by atoms with Gasteiger partial charge in [0, 0.05) is 12.0 Å². The molecule has 0 spiro atoms. The minimum absolute atomic E-state index is 0.138. The number of ether oxygens (including phenoxy) is 3. The van der Waals surface area contributed by atoms with Crippen LogP contribution in [0.2, 0.25) is 0 Å². The van der Waals surface area contributed by atoms with Crippen molar-refractivity contribution in [3.63, 3.8) is 0 Å². The predicted octanol–water partition coefficient (Wildman–Crippen LogP) is 6.75. The lowest BCUT2D eigenvalue weighted by atomic mass is 9.72. The highest BCUT2D eigenvalue weighted by atomic mass is 16.5. The second-order valence-electron chi connectivity index (χ2n) is 12.2. The summed E-state index contributed by atoms with van der Waals surface area (Å²) in [4.78, 5) is 0. The molecule has 0 amide bonds. The molecule has 0 aliphatic carbocycles. The van der Waals surface area contributed by atoms with Gasteiger partial charge in [-0.25, -0.2) is 0 Å². The third kappa shape index (κ3) is 11.5. The molecule has 2 aromatic carbocycles. The van der Waals surface area contributed by atoms with Crippen LogP contribution in [0, 0.1) is 16.7 Å². The van der Waals surface area contributed by atoms with E-state index >= 15 is 0 Å². The van der Waals surface area contributed by atoms with Crippen LogP contribution in [0.15, 0.2) is 48.5 Å². The van der Waals surface area contributed by atoms with E-state index in [0.29, 0.717) is 38.3 Å². The van der Waals surface area contributed by atoms with Crippen LogP contribution in [0.4, 0.5) is 0 Å². The molecule has 0 fully saturated rings. The van der Waals surface area contributed by atoms with Crippen LogP contribution in [0.25, 0.3) is 0 Å². The van der Waals surface area contributed by atoms with Crippen molar-refractivity contribution in [1.29, 1.82) is 5.26 Å². The molecule has 0 unspecified atom stereocenters. The molecule has 0 N–H and O–H groups in total. The number of quaternary nitrogens is 1. The van der Waals surface area contributed by atoms with Crippen molar-refractivity contribution in [3.8, 4) is 17.6 Å². The first kappa shape index (κ1) is 29.7. The first-order valence-electron chi connectivity index (χ1n) is 13.1.